The highest BCUT2D eigenvalue weighted by molar-refractivity contribution is 5.81. The van der Waals surface area contributed by atoms with E-state index in [-0.39, 0.29) is 0 Å². The lowest BCUT2D eigenvalue weighted by Crippen LogP contribution is -2.17. The quantitative estimate of drug-likeness (QED) is 0.635. The molecule has 2 heteroatoms. The highest BCUT2D eigenvalue weighted by atomic mass is 16.1. The summed E-state index contributed by atoms with van der Waals surface area (Å²) in [5.74, 6) is 0. The first-order valence-corrected chi connectivity index (χ1v) is 5.09. The van der Waals surface area contributed by atoms with E-state index >= 15 is 0 Å². The second-order valence-corrected chi connectivity index (χ2v) is 3.25. The van der Waals surface area contributed by atoms with Gasteiger partial charge in [0.1, 0.15) is 6.29 Å². The first-order chi connectivity index (χ1) is 6.81. The molecule has 14 heavy (non-hydrogen) atoms. The van der Waals surface area contributed by atoms with Crippen LogP contribution in [0.1, 0.15) is 20.3 Å². The zero-order valence-corrected chi connectivity index (χ0v) is 8.86. The summed E-state index contributed by atoms with van der Waals surface area (Å²) in [4.78, 5) is 13.0. The first-order valence-electron chi connectivity index (χ1n) is 5.09. The van der Waals surface area contributed by atoms with Gasteiger partial charge in [-0.05, 0) is 25.8 Å². The van der Waals surface area contributed by atoms with Crippen molar-refractivity contribution in [1.82, 2.24) is 4.90 Å². The van der Waals surface area contributed by atoms with Crippen molar-refractivity contribution in [2.45, 2.75) is 20.3 Å². The summed E-state index contributed by atoms with van der Waals surface area (Å²) >= 11 is 0. The zero-order valence-electron chi connectivity index (χ0n) is 8.86. The summed E-state index contributed by atoms with van der Waals surface area (Å²) in [5.41, 5.74) is 1.92. The molecule has 0 spiro atoms. The number of hydrogen-bond acceptors (Lipinski definition) is 2. The average Bonchev–Trinajstić information content (AvgIpc) is 2.26. The molecule has 0 bridgehead atoms. The zero-order chi connectivity index (χ0) is 10.4. The van der Waals surface area contributed by atoms with E-state index in [4.69, 9.17) is 0 Å². The Morgan fingerprint density at radius 1 is 1.43 bits per heavy atom. The van der Waals surface area contributed by atoms with Gasteiger partial charge < -0.3 is 4.90 Å². The molecule has 2 nitrogen and oxygen atoms in total. The van der Waals surface area contributed by atoms with Crippen molar-refractivity contribution >= 4 is 6.29 Å². The second kappa shape index (κ2) is 5.43. The van der Waals surface area contributed by atoms with Gasteiger partial charge in [0.05, 0.1) is 0 Å². The third-order valence-electron chi connectivity index (χ3n) is 2.40. The van der Waals surface area contributed by atoms with Gasteiger partial charge in [0, 0.05) is 24.9 Å². The van der Waals surface area contributed by atoms with Crippen molar-refractivity contribution in [2.24, 2.45) is 0 Å². The van der Waals surface area contributed by atoms with Crippen LogP contribution in [0.25, 0.3) is 0 Å². The van der Waals surface area contributed by atoms with E-state index < -0.39 is 0 Å². The molecular formula is C12H17NO. The number of nitrogens with zero attached hydrogens (tertiary/aromatic N) is 1. The monoisotopic (exact) mass is 191 g/mol. The van der Waals surface area contributed by atoms with Crippen molar-refractivity contribution in [2.75, 3.05) is 13.1 Å². The number of rotatable bonds is 4. The normalized spacial score (nSPS) is 18.1. The Morgan fingerprint density at radius 2 is 2.14 bits per heavy atom. The molecule has 0 saturated heterocycles. The molecule has 1 aliphatic carbocycles. The van der Waals surface area contributed by atoms with Crippen LogP contribution in [0.15, 0.2) is 35.6 Å². The fourth-order valence-corrected chi connectivity index (χ4v) is 1.46. The molecule has 0 radical (unpaired) electrons. The van der Waals surface area contributed by atoms with E-state index in [0.717, 1.165) is 36.9 Å². The Balaban J connectivity index is 2.81. The SMILES string of the molecule is CCN(C=C1CC=CC=C1C=O)CC. The number of hydrogen-bond donors (Lipinski definition) is 0. The second-order valence-electron chi connectivity index (χ2n) is 3.25. The number of aldehydes is 1. The molecule has 0 amide bonds. The molecule has 0 unspecified atom stereocenters. The maximum Gasteiger partial charge on any atom is 0.150 e. The van der Waals surface area contributed by atoms with Gasteiger partial charge in [-0.15, -0.1) is 0 Å². The molecule has 0 saturated carbocycles. The van der Waals surface area contributed by atoms with E-state index in [9.17, 15) is 4.79 Å². The van der Waals surface area contributed by atoms with Crippen LogP contribution in [-0.4, -0.2) is 24.3 Å². The molecule has 0 aromatic rings. The van der Waals surface area contributed by atoms with E-state index in [1.165, 1.54) is 0 Å². The number of carbonyl (C=O) groups excluding carboxylic acids is 1. The maximum absolute atomic E-state index is 10.8. The number of allylic oxidation sites excluding steroid dienone is 5. The summed E-state index contributed by atoms with van der Waals surface area (Å²) < 4.78 is 0. The van der Waals surface area contributed by atoms with E-state index in [1.54, 1.807) is 0 Å². The Bertz CT molecular complexity index is 283. The Morgan fingerprint density at radius 3 is 2.71 bits per heavy atom. The molecule has 1 rings (SSSR count). The minimum Gasteiger partial charge on any atom is -0.378 e. The summed E-state index contributed by atoms with van der Waals surface area (Å²) in [6.45, 7) is 6.19. The van der Waals surface area contributed by atoms with Gasteiger partial charge in [-0.25, -0.2) is 0 Å². The third kappa shape index (κ3) is 2.59. The fourth-order valence-electron chi connectivity index (χ4n) is 1.46. The van der Waals surface area contributed by atoms with Crippen molar-refractivity contribution < 1.29 is 4.79 Å². The van der Waals surface area contributed by atoms with Gasteiger partial charge >= 0.3 is 0 Å². The lowest BCUT2D eigenvalue weighted by atomic mass is 10.0. The average molecular weight is 191 g/mol. The highest BCUT2D eigenvalue weighted by Crippen LogP contribution is 2.18. The molecule has 0 N–H and O–H groups in total. The predicted octanol–water partition coefficient (Wildman–Crippen LogP) is 2.30. The van der Waals surface area contributed by atoms with Gasteiger partial charge in [-0.3, -0.25) is 4.79 Å². The summed E-state index contributed by atoms with van der Waals surface area (Å²) in [5, 5.41) is 0. The molecule has 0 heterocycles. The summed E-state index contributed by atoms with van der Waals surface area (Å²) in [6, 6.07) is 0. The lowest BCUT2D eigenvalue weighted by molar-refractivity contribution is -0.104. The highest BCUT2D eigenvalue weighted by Gasteiger charge is 2.06. The predicted molar refractivity (Wildman–Crippen MR) is 58.9 cm³/mol. The van der Waals surface area contributed by atoms with Crippen molar-refractivity contribution in [3.8, 4) is 0 Å². The first kappa shape index (κ1) is 10.8. The molecule has 1 aliphatic rings. The fraction of sp³-hybridized carbons (Fsp3) is 0.417. The third-order valence-corrected chi connectivity index (χ3v) is 2.40. The van der Waals surface area contributed by atoms with Gasteiger partial charge in [0.15, 0.2) is 0 Å². The van der Waals surface area contributed by atoms with Crippen LogP contribution in [0.5, 0.6) is 0 Å². The van der Waals surface area contributed by atoms with Gasteiger partial charge in [0.25, 0.3) is 0 Å². The van der Waals surface area contributed by atoms with Crippen molar-refractivity contribution in [3.63, 3.8) is 0 Å². The molecule has 0 fully saturated rings. The summed E-state index contributed by atoms with van der Waals surface area (Å²) in [7, 11) is 0. The molecule has 0 aliphatic heterocycles. The minimum atomic E-state index is 0.805. The van der Waals surface area contributed by atoms with Crippen LogP contribution >= 0.6 is 0 Å². The molecule has 76 valence electrons. The number of carbonyl (C=O) groups is 1. The molecule has 0 atom stereocenters. The van der Waals surface area contributed by atoms with Crippen LogP contribution in [-0.2, 0) is 4.79 Å². The van der Waals surface area contributed by atoms with Gasteiger partial charge in [-0.1, -0.05) is 18.2 Å². The molecule has 0 aromatic carbocycles. The largest absolute Gasteiger partial charge is 0.378 e. The van der Waals surface area contributed by atoms with Gasteiger partial charge in [-0.2, -0.15) is 0 Å². The smallest absolute Gasteiger partial charge is 0.150 e. The topological polar surface area (TPSA) is 20.3 Å². The van der Waals surface area contributed by atoms with Crippen LogP contribution < -0.4 is 0 Å². The van der Waals surface area contributed by atoms with Crippen molar-refractivity contribution in [1.29, 1.82) is 0 Å². The van der Waals surface area contributed by atoms with Gasteiger partial charge in [0.2, 0.25) is 0 Å². The van der Waals surface area contributed by atoms with E-state index in [0.29, 0.717) is 0 Å². The van der Waals surface area contributed by atoms with Crippen LogP contribution in [0.4, 0.5) is 0 Å². The lowest BCUT2D eigenvalue weighted by Gasteiger charge is -2.18. The van der Waals surface area contributed by atoms with Crippen LogP contribution in [0.3, 0.4) is 0 Å². The summed E-state index contributed by atoms with van der Waals surface area (Å²) in [6.07, 6.45) is 9.75. The van der Waals surface area contributed by atoms with Crippen molar-refractivity contribution in [3.05, 3.63) is 35.6 Å². The standard InChI is InChI=1S/C12H17NO/c1-3-13(4-2)9-11-7-5-6-8-12(11)10-14/h5-6,8-10H,3-4,7H2,1-2H3. The Hall–Kier alpha value is -1.31. The molecular weight excluding hydrogens is 174 g/mol. The molecule has 0 aromatic heterocycles. The van der Waals surface area contributed by atoms with E-state index in [1.807, 2.05) is 12.2 Å². The Labute approximate surface area is 85.6 Å². The van der Waals surface area contributed by atoms with Crippen LogP contribution in [0, 0.1) is 0 Å². The van der Waals surface area contributed by atoms with E-state index in [2.05, 4.69) is 31.0 Å². The maximum atomic E-state index is 10.8. The Kier molecular flexibility index (Phi) is 4.17. The van der Waals surface area contributed by atoms with Crippen LogP contribution in [0.2, 0.25) is 0 Å². The minimum absolute atomic E-state index is 0.805.